The van der Waals surface area contributed by atoms with Crippen LogP contribution in [0.25, 0.3) is 0 Å². The maximum absolute atomic E-state index is 12.2. The standard InChI is InChI=1S/C15H14BrNO/c1-10-3-2-4-11(7-10)8-15(18)13-6-5-12(16)9-14(13)17/h2-7,9H,8,17H2,1H3. The zero-order chi connectivity index (χ0) is 13.1. The second-order valence-electron chi connectivity index (χ2n) is 4.32. The highest BCUT2D eigenvalue weighted by Crippen LogP contribution is 2.20. The summed E-state index contributed by atoms with van der Waals surface area (Å²) in [6, 6.07) is 13.3. The van der Waals surface area contributed by atoms with E-state index in [1.54, 1.807) is 12.1 Å². The highest BCUT2D eigenvalue weighted by Gasteiger charge is 2.10. The van der Waals surface area contributed by atoms with Gasteiger partial charge in [0.2, 0.25) is 0 Å². The predicted molar refractivity (Wildman–Crippen MR) is 77.8 cm³/mol. The summed E-state index contributed by atoms with van der Waals surface area (Å²) in [5.74, 6) is 0.0469. The van der Waals surface area contributed by atoms with Gasteiger partial charge in [-0.3, -0.25) is 4.79 Å². The number of ketones is 1. The maximum atomic E-state index is 12.2. The van der Waals surface area contributed by atoms with Crippen LogP contribution in [-0.2, 0) is 6.42 Å². The number of halogens is 1. The number of nitrogen functional groups attached to an aromatic ring is 1. The molecule has 2 aromatic rings. The third-order valence-corrected chi connectivity index (χ3v) is 3.25. The molecule has 0 heterocycles. The van der Waals surface area contributed by atoms with Crippen LogP contribution in [0.2, 0.25) is 0 Å². The van der Waals surface area contributed by atoms with E-state index in [2.05, 4.69) is 15.9 Å². The topological polar surface area (TPSA) is 43.1 Å². The van der Waals surface area contributed by atoms with Crippen molar-refractivity contribution >= 4 is 27.4 Å². The molecular weight excluding hydrogens is 290 g/mol. The van der Waals surface area contributed by atoms with Gasteiger partial charge in [0.25, 0.3) is 0 Å². The van der Waals surface area contributed by atoms with E-state index in [1.807, 2.05) is 37.3 Å². The Morgan fingerprint density at radius 2 is 2.00 bits per heavy atom. The lowest BCUT2D eigenvalue weighted by Gasteiger charge is -2.06. The molecule has 0 bridgehead atoms. The van der Waals surface area contributed by atoms with E-state index in [0.29, 0.717) is 17.7 Å². The molecule has 0 aliphatic carbocycles. The lowest BCUT2D eigenvalue weighted by molar-refractivity contribution is 0.0994. The van der Waals surface area contributed by atoms with E-state index >= 15 is 0 Å². The van der Waals surface area contributed by atoms with Crippen LogP contribution in [0.5, 0.6) is 0 Å². The van der Waals surface area contributed by atoms with Gasteiger partial charge in [-0.15, -0.1) is 0 Å². The summed E-state index contributed by atoms with van der Waals surface area (Å²) in [4.78, 5) is 12.2. The zero-order valence-corrected chi connectivity index (χ0v) is 11.7. The largest absolute Gasteiger partial charge is 0.398 e. The van der Waals surface area contributed by atoms with E-state index in [4.69, 9.17) is 5.73 Å². The first-order valence-corrected chi connectivity index (χ1v) is 6.49. The van der Waals surface area contributed by atoms with Crippen molar-refractivity contribution in [3.8, 4) is 0 Å². The van der Waals surface area contributed by atoms with Gasteiger partial charge in [-0.25, -0.2) is 0 Å². The summed E-state index contributed by atoms with van der Waals surface area (Å²) in [6.45, 7) is 2.02. The van der Waals surface area contributed by atoms with Crippen LogP contribution in [0.1, 0.15) is 21.5 Å². The van der Waals surface area contributed by atoms with E-state index in [-0.39, 0.29) is 5.78 Å². The van der Waals surface area contributed by atoms with Gasteiger partial charge < -0.3 is 5.73 Å². The van der Waals surface area contributed by atoms with Crippen molar-refractivity contribution < 1.29 is 4.79 Å². The zero-order valence-electron chi connectivity index (χ0n) is 10.1. The van der Waals surface area contributed by atoms with Crippen molar-refractivity contribution in [2.24, 2.45) is 0 Å². The molecule has 0 unspecified atom stereocenters. The van der Waals surface area contributed by atoms with Crippen molar-refractivity contribution in [2.75, 3.05) is 5.73 Å². The van der Waals surface area contributed by atoms with Gasteiger partial charge in [-0.1, -0.05) is 45.8 Å². The molecule has 2 nitrogen and oxygen atoms in total. The summed E-state index contributed by atoms with van der Waals surface area (Å²) in [7, 11) is 0. The van der Waals surface area contributed by atoms with Gasteiger partial charge in [0.05, 0.1) is 0 Å². The smallest absolute Gasteiger partial charge is 0.169 e. The molecule has 0 aliphatic rings. The minimum atomic E-state index is 0.0469. The number of aryl methyl sites for hydroxylation is 1. The SMILES string of the molecule is Cc1cccc(CC(=O)c2ccc(Br)cc2N)c1. The summed E-state index contributed by atoms with van der Waals surface area (Å²) in [5, 5.41) is 0. The van der Waals surface area contributed by atoms with E-state index < -0.39 is 0 Å². The van der Waals surface area contributed by atoms with Crippen molar-refractivity contribution in [3.63, 3.8) is 0 Å². The summed E-state index contributed by atoms with van der Waals surface area (Å²) < 4.78 is 0.882. The fraction of sp³-hybridized carbons (Fsp3) is 0.133. The number of hydrogen-bond acceptors (Lipinski definition) is 2. The number of benzene rings is 2. The molecule has 2 rings (SSSR count). The fourth-order valence-electron chi connectivity index (χ4n) is 1.89. The van der Waals surface area contributed by atoms with Crippen molar-refractivity contribution in [3.05, 3.63) is 63.6 Å². The first kappa shape index (κ1) is 12.8. The Hall–Kier alpha value is -1.61. The van der Waals surface area contributed by atoms with Crippen molar-refractivity contribution in [1.29, 1.82) is 0 Å². The Labute approximate surface area is 115 Å². The van der Waals surface area contributed by atoms with Crippen LogP contribution >= 0.6 is 15.9 Å². The molecule has 0 saturated carbocycles. The van der Waals surface area contributed by atoms with Crippen LogP contribution in [0, 0.1) is 6.92 Å². The van der Waals surface area contributed by atoms with Gasteiger partial charge in [-0.05, 0) is 30.7 Å². The van der Waals surface area contributed by atoms with Gasteiger partial charge in [0, 0.05) is 22.1 Å². The lowest BCUT2D eigenvalue weighted by atomic mass is 10.0. The lowest BCUT2D eigenvalue weighted by Crippen LogP contribution is -2.07. The quantitative estimate of drug-likeness (QED) is 0.693. The maximum Gasteiger partial charge on any atom is 0.169 e. The molecule has 3 heteroatoms. The van der Waals surface area contributed by atoms with E-state index in [1.165, 1.54) is 0 Å². The molecule has 2 aromatic carbocycles. The predicted octanol–water partition coefficient (Wildman–Crippen LogP) is 3.77. The molecule has 0 aliphatic heterocycles. The van der Waals surface area contributed by atoms with Gasteiger partial charge >= 0.3 is 0 Å². The molecular formula is C15H14BrNO. The Balaban J connectivity index is 2.22. The fourth-order valence-corrected chi connectivity index (χ4v) is 2.27. The molecule has 0 radical (unpaired) electrons. The van der Waals surface area contributed by atoms with Gasteiger partial charge in [0.15, 0.2) is 5.78 Å². The molecule has 18 heavy (non-hydrogen) atoms. The minimum Gasteiger partial charge on any atom is -0.398 e. The summed E-state index contributed by atoms with van der Waals surface area (Å²) in [6.07, 6.45) is 0.382. The number of rotatable bonds is 3. The van der Waals surface area contributed by atoms with Crippen molar-refractivity contribution in [1.82, 2.24) is 0 Å². The second-order valence-corrected chi connectivity index (χ2v) is 5.24. The highest BCUT2D eigenvalue weighted by molar-refractivity contribution is 9.10. The molecule has 0 aromatic heterocycles. The molecule has 0 amide bonds. The van der Waals surface area contributed by atoms with Crippen LogP contribution in [0.15, 0.2) is 46.9 Å². The summed E-state index contributed by atoms with van der Waals surface area (Å²) >= 11 is 3.33. The Bertz CT molecular complexity index is 593. The Morgan fingerprint density at radius 1 is 1.22 bits per heavy atom. The number of Topliss-reactive ketones (excluding diaryl/α,β-unsaturated/α-hetero) is 1. The van der Waals surface area contributed by atoms with Gasteiger partial charge in [0.1, 0.15) is 0 Å². The van der Waals surface area contributed by atoms with Crippen molar-refractivity contribution in [2.45, 2.75) is 13.3 Å². The molecule has 0 fully saturated rings. The first-order chi connectivity index (χ1) is 8.56. The minimum absolute atomic E-state index is 0.0469. The van der Waals surface area contributed by atoms with Crippen LogP contribution in [-0.4, -0.2) is 5.78 Å². The number of carbonyl (C=O) groups excluding carboxylic acids is 1. The van der Waals surface area contributed by atoms with Crippen LogP contribution in [0.4, 0.5) is 5.69 Å². The molecule has 0 atom stereocenters. The monoisotopic (exact) mass is 303 g/mol. The number of carbonyl (C=O) groups is 1. The second kappa shape index (κ2) is 5.36. The van der Waals surface area contributed by atoms with E-state index in [0.717, 1.165) is 15.6 Å². The first-order valence-electron chi connectivity index (χ1n) is 5.70. The van der Waals surface area contributed by atoms with Crippen LogP contribution < -0.4 is 5.73 Å². The molecule has 0 spiro atoms. The average molecular weight is 304 g/mol. The number of nitrogens with two attached hydrogens (primary N) is 1. The third-order valence-electron chi connectivity index (χ3n) is 2.76. The third kappa shape index (κ3) is 2.99. The Morgan fingerprint density at radius 3 is 2.67 bits per heavy atom. The Kier molecular flexibility index (Phi) is 3.82. The normalized spacial score (nSPS) is 10.3. The number of hydrogen-bond donors (Lipinski definition) is 1. The van der Waals surface area contributed by atoms with E-state index in [9.17, 15) is 4.79 Å². The highest BCUT2D eigenvalue weighted by atomic mass is 79.9. The molecule has 92 valence electrons. The molecule has 0 saturated heterocycles. The average Bonchev–Trinajstić information content (AvgIpc) is 2.28. The van der Waals surface area contributed by atoms with Gasteiger partial charge in [-0.2, -0.15) is 0 Å². The summed E-state index contributed by atoms with van der Waals surface area (Å²) in [5.41, 5.74) is 9.13. The number of anilines is 1. The van der Waals surface area contributed by atoms with Crippen LogP contribution in [0.3, 0.4) is 0 Å². The molecule has 2 N–H and O–H groups in total.